The van der Waals surface area contributed by atoms with Gasteiger partial charge in [-0.2, -0.15) is 0 Å². The molecule has 2 bridgehead atoms. The van der Waals surface area contributed by atoms with Crippen molar-refractivity contribution in [1.29, 1.82) is 0 Å². The lowest BCUT2D eigenvalue weighted by Gasteiger charge is -2.28. The Labute approximate surface area is 142 Å². The molecule has 4 rings (SSSR count). The Morgan fingerprint density at radius 1 is 1.43 bits per heavy atom. The number of benzene rings is 1. The van der Waals surface area contributed by atoms with Gasteiger partial charge in [-0.3, -0.25) is 4.79 Å². The number of hydrogen-bond donors (Lipinski definition) is 0. The largest absolute Gasteiger partial charge is 0.550 e. The van der Waals surface area contributed by atoms with Crippen LogP contribution in [-0.2, 0) is 14.3 Å². The van der Waals surface area contributed by atoms with E-state index in [4.69, 9.17) is 4.74 Å². The summed E-state index contributed by atoms with van der Waals surface area (Å²) < 4.78 is 6.83. The van der Waals surface area contributed by atoms with Crippen molar-refractivity contribution >= 4 is 27.8 Å². The highest BCUT2D eigenvalue weighted by atomic mass is 79.9. The Balaban J connectivity index is 1.66. The topological polar surface area (TPSA) is 69.7 Å². The van der Waals surface area contributed by atoms with Crippen molar-refractivity contribution in [3.05, 3.63) is 46.5 Å². The van der Waals surface area contributed by atoms with Crippen LogP contribution in [0.4, 0.5) is 0 Å². The van der Waals surface area contributed by atoms with E-state index in [2.05, 4.69) is 15.9 Å². The summed E-state index contributed by atoms with van der Waals surface area (Å²) in [5.74, 6) is -2.95. The van der Waals surface area contributed by atoms with E-state index in [1.54, 1.807) is 11.0 Å². The molecule has 3 aliphatic heterocycles. The highest BCUT2D eigenvalue weighted by Crippen LogP contribution is 2.53. The molecular formula is C17H15BrNO4-. The SMILES string of the molecule is C[C@H](c1ccc(Br)cc1)N1C[C@]23C=C[C@@H](O2)[C@H](C(=O)[O-])[C@@H]3C1=O. The quantitative estimate of drug-likeness (QED) is 0.739. The third kappa shape index (κ3) is 2.01. The number of carbonyl (C=O) groups is 2. The molecule has 0 unspecified atom stereocenters. The van der Waals surface area contributed by atoms with E-state index in [-0.39, 0.29) is 11.9 Å². The highest BCUT2D eigenvalue weighted by Gasteiger charge is 2.65. The molecule has 0 aliphatic carbocycles. The van der Waals surface area contributed by atoms with Crippen molar-refractivity contribution in [1.82, 2.24) is 4.90 Å². The molecule has 1 spiro atoms. The average molecular weight is 377 g/mol. The number of likely N-dealkylation sites (tertiary alicyclic amines) is 1. The predicted molar refractivity (Wildman–Crippen MR) is 83.0 cm³/mol. The third-order valence-electron chi connectivity index (χ3n) is 5.22. The Bertz CT molecular complexity index is 716. The zero-order valence-corrected chi connectivity index (χ0v) is 14.0. The van der Waals surface area contributed by atoms with Crippen molar-refractivity contribution < 1.29 is 19.4 Å². The minimum Gasteiger partial charge on any atom is -0.550 e. The van der Waals surface area contributed by atoms with Gasteiger partial charge in [0.05, 0.1) is 24.6 Å². The standard InChI is InChI=1S/C17H16BrNO4/c1-9(10-2-4-11(18)5-3-10)19-8-17-7-6-12(23-17)13(16(21)22)14(17)15(19)20/h2-7,9,12-14H,8H2,1H3,(H,21,22)/p-1/t9-,12-,13+,14-,17+/m1/s1. The summed E-state index contributed by atoms with van der Waals surface area (Å²) in [5.41, 5.74) is 0.192. The Kier molecular flexibility index (Phi) is 3.19. The van der Waals surface area contributed by atoms with Crippen LogP contribution >= 0.6 is 15.9 Å². The summed E-state index contributed by atoms with van der Waals surface area (Å²) in [6.45, 7) is 2.33. The minimum absolute atomic E-state index is 0.144. The molecule has 0 radical (unpaired) electrons. The average Bonchev–Trinajstić information content (AvgIpc) is 3.15. The third-order valence-corrected chi connectivity index (χ3v) is 5.75. The summed E-state index contributed by atoms with van der Waals surface area (Å²) in [6.07, 6.45) is 3.06. The molecule has 5 atom stereocenters. The first kappa shape index (κ1) is 14.9. The number of halogens is 1. The van der Waals surface area contributed by atoms with Crippen LogP contribution in [0, 0.1) is 11.8 Å². The maximum Gasteiger partial charge on any atom is 0.230 e. The van der Waals surface area contributed by atoms with Crippen molar-refractivity contribution in [2.24, 2.45) is 11.8 Å². The lowest BCUT2D eigenvalue weighted by molar-refractivity contribution is -0.313. The molecule has 3 aliphatic rings. The number of carboxylic acid groups (broad SMARTS) is 1. The summed E-state index contributed by atoms with van der Waals surface area (Å²) in [6, 6.07) is 7.62. The van der Waals surface area contributed by atoms with Gasteiger partial charge in [-0.05, 0) is 24.6 Å². The van der Waals surface area contributed by atoms with Crippen LogP contribution in [0.2, 0.25) is 0 Å². The Morgan fingerprint density at radius 2 is 2.13 bits per heavy atom. The van der Waals surface area contributed by atoms with Gasteiger partial charge in [-0.1, -0.05) is 40.2 Å². The molecule has 2 fully saturated rings. The van der Waals surface area contributed by atoms with E-state index in [1.807, 2.05) is 37.3 Å². The fraction of sp³-hybridized carbons (Fsp3) is 0.412. The number of aliphatic carboxylic acids is 1. The first-order valence-corrected chi connectivity index (χ1v) is 8.36. The number of fused-ring (bicyclic) bond motifs is 1. The number of hydrogen-bond acceptors (Lipinski definition) is 4. The molecule has 3 heterocycles. The van der Waals surface area contributed by atoms with Gasteiger partial charge in [0.25, 0.3) is 0 Å². The van der Waals surface area contributed by atoms with E-state index in [0.717, 1.165) is 10.0 Å². The highest BCUT2D eigenvalue weighted by molar-refractivity contribution is 9.10. The van der Waals surface area contributed by atoms with Crippen molar-refractivity contribution in [2.75, 3.05) is 6.54 Å². The number of carboxylic acids is 1. The van der Waals surface area contributed by atoms with Gasteiger partial charge in [0.1, 0.15) is 5.60 Å². The van der Waals surface area contributed by atoms with Gasteiger partial charge in [-0.25, -0.2) is 0 Å². The lowest BCUT2D eigenvalue weighted by Crippen LogP contribution is -2.45. The zero-order chi connectivity index (χ0) is 16.4. The van der Waals surface area contributed by atoms with Gasteiger partial charge < -0.3 is 19.5 Å². The second kappa shape index (κ2) is 4.92. The Hall–Kier alpha value is -1.66. The minimum atomic E-state index is -1.21. The maximum atomic E-state index is 12.9. The molecule has 0 N–H and O–H groups in total. The number of ether oxygens (including phenoxy) is 1. The molecule has 0 saturated carbocycles. The van der Waals surface area contributed by atoms with Crippen LogP contribution < -0.4 is 5.11 Å². The van der Waals surface area contributed by atoms with E-state index in [0.29, 0.717) is 6.54 Å². The van der Waals surface area contributed by atoms with Crippen molar-refractivity contribution in [3.8, 4) is 0 Å². The van der Waals surface area contributed by atoms with Crippen LogP contribution in [0.15, 0.2) is 40.9 Å². The van der Waals surface area contributed by atoms with E-state index in [1.165, 1.54) is 0 Å². The van der Waals surface area contributed by atoms with E-state index in [9.17, 15) is 14.7 Å². The lowest BCUT2D eigenvalue weighted by atomic mass is 9.77. The normalized spacial score (nSPS) is 35.7. The van der Waals surface area contributed by atoms with Gasteiger partial charge in [0.2, 0.25) is 5.91 Å². The van der Waals surface area contributed by atoms with Crippen molar-refractivity contribution in [3.63, 3.8) is 0 Å². The molecule has 1 amide bonds. The van der Waals surface area contributed by atoms with Gasteiger partial charge in [-0.15, -0.1) is 0 Å². The number of nitrogens with zero attached hydrogens (tertiary/aromatic N) is 1. The molecule has 0 aromatic heterocycles. The van der Waals surface area contributed by atoms with Crippen LogP contribution in [0.1, 0.15) is 18.5 Å². The second-order valence-electron chi connectivity index (χ2n) is 6.41. The number of rotatable bonds is 3. The zero-order valence-electron chi connectivity index (χ0n) is 12.4. The first-order chi connectivity index (χ1) is 10.9. The molecule has 1 aromatic carbocycles. The van der Waals surface area contributed by atoms with Gasteiger partial charge in [0.15, 0.2) is 0 Å². The van der Waals surface area contributed by atoms with Crippen LogP contribution in [0.3, 0.4) is 0 Å². The molecule has 23 heavy (non-hydrogen) atoms. The Morgan fingerprint density at radius 3 is 2.78 bits per heavy atom. The first-order valence-electron chi connectivity index (χ1n) is 7.57. The van der Waals surface area contributed by atoms with Crippen LogP contribution in [0.5, 0.6) is 0 Å². The summed E-state index contributed by atoms with van der Waals surface area (Å²) in [4.78, 5) is 26.1. The monoisotopic (exact) mass is 376 g/mol. The van der Waals surface area contributed by atoms with Crippen LogP contribution in [0.25, 0.3) is 0 Å². The number of amides is 1. The molecule has 5 nitrogen and oxygen atoms in total. The molecular weight excluding hydrogens is 362 g/mol. The molecule has 2 saturated heterocycles. The maximum absolute atomic E-state index is 12.9. The van der Waals surface area contributed by atoms with E-state index < -0.39 is 29.5 Å². The summed E-state index contributed by atoms with van der Waals surface area (Å²) >= 11 is 3.40. The van der Waals surface area contributed by atoms with Gasteiger partial charge >= 0.3 is 0 Å². The fourth-order valence-electron chi connectivity index (χ4n) is 4.05. The molecule has 1 aromatic rings. The van der Waals surface area contributed by atoms with Gasteiger partial charge in [0, 0.05) is 16.4 Å². The van der Waals surface area contributed by atoms with Crippen LogP contribution in [-0.4, -0.2) is 35.0 Å². The smallest absolute Gasteiger partial charge is 0.230 e. The van der Waals surface area contributed by atoms with Crippen molar-refractivity contribution in [2.45, 2.75) is 24.7 Å². The number of carbonyl (C=O) groups excluding carboxylic acids is 2. The summed E-state index contributed by atoms with van der Waals surface area (Å²) in [5, 5.41) is 11.5. The molecule has 6 heteroatoms. The van der Waals surface area contributed by atoms with E-state index >= 15 is 0 Å². The second-order valence-corrected chi connectivity index (χ2v) is 7.33. The summed E-state index contributed by atoms with van der Waals surface area (Å²) in [7, 11) is 0. The fourth-order valence-corrected chi connectivity index (χ4v) is 4.31. The molecule has 120 valence electrons. The predicted octanol–water partition coefficient (Wildman–Crippen LogP) is 1.04.